The molecular weight excluding hydrogens is 345 g/mol. The number of hydrogen-bond acceptors (Lipinski definition) is 3. The normalized spacial score (nSPS) is 23.9. The number of imidazole rings is 1. The van der Waals surface area contributed by atoms with Crippen LogP contribution in [0.1, 0.15) is 18.7 Å². The average Bonchev–Trinajstić information content (AvgIpc) is 3.14. The largest absolute Gasteiger partial charge is 0.449 e. The van der Waals surface area contributed by atoms with Crippen molar-refractivity contribution in [2.75, 3.05) is 26.2 Å². The topological polar surface area (TPSA) is 50.2 Å². The van der Waals surface area contributed by atoms with E-state index in [1.54, 1.807) is 23.1 Å². The Morgan fingerprint density at radius 2 is 1.81 bits per heavy atom. The van der Waals surface area contributed by atoms with E-state index in [4.69, 9.17) is 0 Å². The summed E-state index contributed by atoms with van der Waals surface area (Å²) in [5.74, 6) is -0.158. The number of carbonyl (C=O) groups excluding carboxylic acids is 1. The van der Waals surface area contributed by atoms with Gasteiger partial charge in [0.2, 0.25) is 11.7 Å². The molecular formula is C18H21F3N4O. The number of benzene rings is 1. The van der Waals surface area contributed by atoms with Crippen molar-refractivity contribution in [2.24, 2.45) is 11.8 Å². The summed E-state index contributed by atoms with van der Waals surface area (Å²) in [6.45, 7) is 2.82. The molecule has 1 amide bonds. The van der Waals surface area contributed by atoms with Gasteiger partial charge in [0.1, 0.15) is 6.54 Å². The molecule has 26 heavy (non-hydrogen) atoms. The predicted molar refractivity (Wildman–Crippen MR) is 90.4 cm³/mol. The monoisotopic (exact) mass is 366 g/mol. The van der Waals surface area contributed by atoms with Crippen LogP contribution in [0.5, 0.6) is 0 Å². The molecule has 0 unspecified atom stereocenters. The van der Waals surface area contributed by atoms with E-state index in [-0.39, 0.29) is 18.0 Å². The minimum absolute atomic E-state index is 0.254. The molecule has 2 saturated heterocycles. The van der Waals surface area contributed by atoms with Gasteiger partial charge in [0, 0.05) is 13.1 Å². The van der Waals surface area contributed by atoms with Crippen molar-refractivity contribution < 1.29 is 18.0 Å². The Hall–Kier alpha value is -2.09. The third kappa shape index (κ3) is 3.18. The third-order valence-electron chi connectivity index (χ3n) is 5.57. The first-order chi connectivity index (χ1) is 12.4. The van der Waals surface area contributed by atoms with Crippen LogP contribution in [0.3, 0.4) is 0 Å². The smallest absolute Gasteiger partial charge is 0.341 e. The summed E-state index contributed by atoms with van der Waals surface area (Å²) in [5.41, 5.74) is 0.591. The highest BCUT2D eigenvalue weighted by Gasteiger charge is 2.38. The van der Waals surface area contributed by atoms with Gasteiger partial charge in [-0.3, -0.25) is 4.79 Å². The number of amides is 1. The maximum atomic E-state index is 13.4. The fraction of sp³-hybridized carbons (Fsp3) is 0.556. The van der Waals surface area contributed by atoms with Crippen LogP contribution in [0.2, 0.25) is 0 Å². The summed E-state index contributed by atoms with van der Waals surface area (Å²) in [7, 11) is 0. The van der Waals surface area contributed by atoms with Crippen LogP contribution in [0, 0.1) is 11.8 Å². The van der Waals surface area contributed by atoms with Crippen molar-refractivity contribution in [3.63, 3.8) is 0 Å². The van der Waals surface area contributed by atoms with Crippen LogP contribution in [0.15, 0.2) is 24.3 Å². The number of carbonyl (C=O) groups is 1. The SMILES string of the molecule is O=C(Cn1c(C(F)(F)F)nc2ccccc21)N1CC[C@@H]2CNC[C@@H]2CC1. The quantitative estimate of drug-likeness (QED) is 0.889. The van der Waals surface area contributed by atoms with E-state index in [1.165, 1.54) is 6.07 Å². The number of para-hydroxylation sites is 2. The zero-order chi connectivity index (χ0) is 18.3. The second kappa shape index (κ2) is 6.57. The molecule has 8 heteroatoms. The lowest BCUT2D eigenvalue weighted by Crippen LogP contribution is -2.36. The van der Waals surface area contributed by atoms with E-state index in [2.05, 4.69) is 10.3 Å². The Balaban J connectivity index is 1.57. The number of likely N-dealkylation sites (tertiary alicyclic amines) is 1. The molecule has 1 aromatic heterocycles. The summed E-state index contributed by atoms with van der Waals surface area (Å²) in [6, 6.07) is 6.41. The summed E-state index contributed by atoms with van der Waals surface area (Å²) in [4.78, 5) is 18.2. The number of alkyl halides is 3. The molecule has 2 atom stereocenters. The summed E-state index contributed by atoms with van der Waals surface area (Å²) in [5, 5.41) is 3.38. The third-order valence-corrected chi connectivity index (χ3v) is 5.57. The van der Waals surface area contributed by atoms with E-state index in [1.807, 2.05) is 0 Å². The van der Waals surface area contributed by atoms with Gasteiger partial charge in [-0.05, 0) is 49.9 Å². The zero-order valence-corrected chi connectivity index (χ0v) is 14.3. The first kappa shape index (κ1) is 17.3. The second-order valence-electron chi connectivity index (χ2n) is 7.14. The summed E-state index contributed by atoms with van der Waals surface area (Å²) >= 11 is 0. The highest BCUT2D eigenvalue weighted by atomic mass is 19.4. The molecule has 2 aliphatic heterocycles. The van der Waals surface area contributed by atoms with Crippen molar-refractivity contribution in [1.82, 2.24) is 19.8 Å². The molecule has 140 valence electrons. The van der Waals surface area contributed by atoms with E-state index in [0.717, 1.165) is 30.5 Å². The Bertz CT molecular complexity index is 802. The van der Waals surface area contributed by atoms with Gasteiger partial charge < -0.3 is 14.8 Å². The molecule has 2 aliphatic rings. The zero-order valence-electron chi connectivity index (χ0n) is 14.3. The van der Waals surface area contributed by atoms with Gasteiger partial charge in [0.25, 0.3) is 0 Å². The first-order valence-electron chi connectivity index (χ1n) is 8.94. The fourth-order valence-electron chi connectivity index (χ4n) is 4.15. The predicted octanol–water partition coefficient (Wildman–Crippen LogP) is 2.51. The number of hydrogen-bond donors (Lipinski definition) is 1. The molecule has 0 saturated carbocycles. The van der Waals surface area contributed by atoms with Crippen molar-refractivity contribution in [2.45, 2.75) is 25.6 Å². The Morgan fingerprint density at radius 1 is 1.15 bits per heavy atom. The maximum absolute atomic E-state index is 13.4. The van der Waals surface area contributed by atoms with Crippen LogP contribution in [-0.4, -0.2) is 46.5 Å². The highest BCUT2D eigenvalue weighted by molar-refractivity contribution is 5.81. The Labute approximate surface area is 149 Å². The number of nitrogens with zero attached hydrogens (tertiary/aromatic N) is 3. The average molecular weight is 366 g/mol. The van der Waals surface area contributed by atoms with Gasteiger partial charge in [-0.15, -0.1) is 0 Å². The van der Waals surface area contributed by atoms with E-state index >= 15 is 0 Å². The molecule has 1 N–H and O–H groups in total. The van der Waals surface area contributed by atoms with E-state index in [0.29, 0.717) is 30.4 Å². The Kier molecular flexibility index (Phi) is 4.38. The van der Waals surface area contributed by atoms with Gasteiger partial charge in [0.15, 0.2) is 0 Å². The molecule has 0 aliphatic carbocycles. The van der Waals surface area contributed by atoms with Crippen LogP contribution < -0.4 is 5.32 Å². The van der Waals surface area contributed by atoms with Crippen molar-refractivity contribution >= 4 is 16.9 Å². The Morgan fingerprint density at radius 3 is 2.46 bits per heavy atom. The lowest BCUT2D eigenvalue weighted by molar-refractivity contribution is -0.148. The maximum Gasteiger partial charge on any atom is 0.449 e. The molecule has 0 radical (unpaired) electrons. The molecule has 2 fully saturated rings. The molecule has 0 bridgehead atoms. The standard InChI is InChI=1S/C18H21F3N4O/c19-18(20,21)17-23-14-3-1-2-4-15(14)25(17)11-16(26)24-7-5-12-9-22-10-13(12)6-8-24/h1-4,12-13,22H,5-11H2/t12-,13+. The summed E-state index contributed by atoms with van der Waals surface area (Å²) < 4.78 is 41.2. The van der Waals surface area contributed by atoms with Crippen LogP contribution in [0.25, 0.3) is 11.0 Å². The fourth-order valence-corrected chi connectivity index (χ4v) is 4.15. The van der Waals surface area contributed by atoms with Crippen molar-refractivity contribution in [3.05, 3.63) is 30.1 Å². The second-order valence-corrected chi connectivity index (χ2v) is 7.14. The van der Waals surface area contributed by atoms with Crippen molar-refractivity contribution in [1.29, 1.82) is 0 Å². The first-order valence-corrected chi connectivity index (χ1v) is 8.94. The van der Waals surface area contributed by atoms with E-state index < -0.39 is 12.0 Å². The van der Waals surface area contributed by atoms with Crippen molar-refractivity contribution in [3.8, 4) is 0 Å². The molecule has 2 aromatic rings. The van der Waals surface area contributed by atoms with Crippen LogP contribution in [0.4, 0.5) is 13.2 Å². The van der Waals surface area contributed by atoms with Gasteiger partial charge in [-0.25, -0.2) is 4.98 Å². The minimum Gasteiger partial charge on any atom is -0.341 e. The number of nitrogens with one attached hydrogen (secondary N) is 1. The number of fused-ring (bicyclic) bond motifs is 2. The molecule has 3 heterocycles. The number of rotatable bonds is 2. The van der Waals surface area contributed by atoms with Gasteiger partial charge in [-0.2, -0.15) is 13.2 Å². The minimum atomic E-state index is -4.60. The molecule has 4 rings (SSSR count). The van der Waals surface area contributed by atoms with Crippen LogP contribution >= 0.6 is 0 Å². The van der Waals surface area contributed by atoms with E-state index in [9.17, 15) is 18.0 Å². The van der Waals surface area contributed by atoms with Crippen LogP contribution in [-0.2, 0) is 17.5 Å². The number of halogens is 3. The molecule has 0 spiro atoms. The lowest BCUT2D eigenvalue weighted by atomic mass is 9.92. The van der Waals surface area contributed by atoms with Gasteiger partial charge in [0.05, 0.1) is 11.0 Å². The van der Waals surface area contributed by atoms with Gasteiger partial charge >= 0.3 is 6.18 Å². The van der Waals surface area contributed by atoms with Gasteiger partial charge in [-0.1, -0.05) is 12.1 Å². The summed E-state index contributed by atoms with van der Waals surface area (Å²) in [6.07, 6.45) is -2.79. The lowest BCUT2D eigenvalue weighted by Gasteiger charge is -2.22. The highest BCUT2D eigenvalue weighted by Crippen LogP contribution is 2.32. The molecule has 5 nitrogen and oxygen atoms in total. The number of aromatic nitrogens is 2. The molecule has 1 aromatic carbocycles.